The van der Waals surface area contributed by atoms with Gasteiger partial charge < -0.3 is 15.2 Å². The van der Waals surface area contributed by atoms with Crippen molar-refractivity contribution >= 4 is 0 Å². The second-order valence-electron chi connectivity index (χ2n) is 4.39. The molecule has 1 aliphatic rings. The lowest BCUT2D eigenvalue weighted by molar-refractivity contribution is -0.103. The number of nitrogens with one attached hydrogen (secondary N) is 1. The average molecular weight is 187 g/mol. The summed E-state index contributed by atoms with van der Waals surface area (Å²) >= 11 is 0. The van der Waals surface area contributed by atoms with E-state index < -0.39 is 0 Å². The van der Waals surface area contributed by atoms with Crippen molar-refractivity contribution in [1.82, 2.24) is 5.32 Å². The van der Waals surface area contributed by atoms with Crippen molar-refractivity contribution in [2.45, 2.75) is 51.4 Å². The van der Waals surface area contributed by atoms with Crippen LogP contribution in [-0.2, 0) is 4.74 Å². The highest BCUT2D eigenvalue weighted by Crippen LogP contribution is 2.21. The Kier molecular flexibility index (Phi) is 3.71. The normalized spacial score (nSPS) is 29.5. The van der Waals surface area contributed by atoms with Crippen molar-refractivity contribution in [3.8, 4) is 0 Å². The summed E-state index contributed by atoms with van der Waals surface area (Å²) < 4.78 is 5.84. The van der Waals surface area contributed by atoms with Gasteiger partial charge in [0.25, 0.3) is 0 Å². The van der Waals surface area contributed by atoms with Gasteiger partial charge in [0, 0.05) is 13.1 Å². The lowest BCUT2D eigenvalue weighted by atomic mass is 10.0. The molecule has 0 aromatic heterocycles. The van der Waals surface area contributed by atoms with Gasteiger partial charge >= 0.3 is 0 Å². The fraction of sp³-hybridized carbons (Fsp3) is 1.00. The molecule has 3 heteroatoms. The second kappa shape index (κ2) is 4.40. The van der Waals surface area contributed by atoms with Crippen LogP contribution in [0.5, 0.6) is 0 Å². The lowest BCUT2D eigenvalue weighted by Gasteiger charge is -2.29. The summed E-state index contributed by atoms with van der Waals surface area (Å²) in [7, 11) is 0. The summed E-state index contributed by atoms with van der Waals surface area (Å²) in [6.07, 6.45) is 1.79. The minimum absolute atomic E-state index is 0.0263. The third-order valence-electron chi connectivity index (χ3n) is 2.45. The number of β-amino-alcohol motifs (C(OH)–C–C–N with tert-alkyl or cyclic N) is 1. The van der Waals surface area contributed by atoms with Crippen LogP contribution in [-0.4, -0.2) is 36.0 Å². The zero-order valence-electron chi connectivity index (χ0n) is 8.84. The zero-order valence-corrected chi connectivity index (χ0v) is 8.84. The summed E-state index contributed by atoms with van der Waals surface area (Å²) in [5.74, 6) is 0. The number of hydrogen-bond acceptors (Lipinski definition) is 3. The standard InChI is InChI=1S/C10H21NO2/c1-4-5-10(2,3)13-9-7-11-6-8(9)12/h8-9,11-12H,4-7H2,1-3H3/t8-,9+/m1/s1. The van der Waals surface area contributed by atoms with E-state index in [4.69, 9.17) is 4.74 Å². The quantitative estimate of drug-likeness (QED) is 0.687. The monoisotopic (exact) mass is 187 g/mol. The third kappa shape index (κ3) is 3.25. The maximum atomic E-state index is 9.53. The van der Waals surface area contributed by atoms with Gasteiger partial charge in [-0.05, 0) is 20.3 Å². The van der Waals surface area contributed by atoms with Gasteiger partial charge in [-0.3, -0.25) is 0 Å². The summed E-state index contributed by atoms with van der Waals surface area (Å²) in [5, 5.41) is 12.6. The number of aliphatic hydroxyl groups excluding tert-OH is 1. The molecule has 0 amide bonds. The minimum atomic E-state index is -0.337. The van der Waals surface area contributed by atoms with E-state index in [-0.39, 0.29) is 17.8 Å². The van der Waals surface area contributed by atoms with Crippen LogP contribution in [0.2, 0.25) is 0 Å². The SMILES string of the molecule is CCCC(C)(C)O[C@H]1CNC[C@H]1O. The molecule has 0 bridgehead atoms. The van der Waals surface area contributed by atoms with Crippen LogP contribution in [0.4, 0.5) is 0 Å². The first-order chi connectivity index (χ1) is 6.05. The Balaban J connectivity index is 2.37. The lowest BCUT2D eigenvalue weighted by Crippen LogP contribution is -2.37. The summed E-state index contributed by atoms with van der Waals surface area (Å²) in [6.45, 7) is 7.75. The molecule has 1 saturated heterocycles. The maximum absolute atomic E-state index is 9.53. The Hall–Kier alpha value is -0.120. The summed E-state index contributed by atoms with van der Waals surface area (Å²) in [5.41, 5.74) is -0.105. The molecule has 1 rings (SSSR count). The van der Waals surface area contributed by atoms with E-state index in [1.807, 2.05) is 0 Å². The smallest absolute Gasteiger partial charge is 0.0977 e. The highest BCUT2D eigenvalue weighted by Gasteiger charge is 2.31. The topological polar surface area (TPSA) is 41.5 Å². The number of aliphatic hydroxyl groups is 1. The Morgan fingerprint density at radius 2 is 2.15 bits per heavy atom. The molecule has 0 unspecified atom stereocenters. The van der Waals surface area contributed by atoms with Gasteiger partial charge in [-0.2, -0.15) is 0 Å². The van der Waals surface area contributed by atoms with E-state index in [0.29, 0.717) is 6.54 Å². The van der Waals surface area contributed by atoms with Crippen LogP contribution >= 0.6 is 0 Å². The van der Waals surface area contributed by atoms with Crippen molar-refractivity contribution in [2.24, 2.45) is 0 Å². The molecule has 2 N–H and O–H groups in total. The molecular formula is C10H21NO2. The van der Waals surface area contributed by atoms with Crippen LogP contribution in [0.3, 0.4) is 0 Å². The summed E-state index contributed by atoms with van der Waals surface area (Å²) in [6, 6.07) is 0. The first kappa shape index (κ1) is 11.0. The van der Waals surface area contributed by atoms with Gasteiger partial charge in [-0.25, -0.2) is 0 Å². The van der Waals surface area contributed by atoms with E-state index in [1.165, 1.54) is 0 Å². The molecule has 0 spiro atoms. The van der Waals surface area contributed by atoms with E-state index in [9.17, 15) is 5.11 Å². The van der Waals surface area contributed by atoms with Crippen LogP contribution in [0.1, 0.15) is 33.6 Å². The fourth-order valence-corrected chi connectivity index (χ4v) is 1.83. The van der Waals surface area contributed by atoms with Gasteiger partial charge in [0.15, 0.2) is 0 Å². The molecule has 0 aromatic rings. The average Bonchev–Trinajstić information content (AvgIpc) is 2.35. The van der Waals surface area contributed by atoms with Crippen LogP contribution < -0.4 is 5.32 Å². The summed E-state index contributed by atoms with van der Waals surface area (Å²) in [4.78, 5) is 0. The molecule has 1 aliphatic heterocycles. The predicted molar refractivity (Wildman–Crippen MR) is 52.7 cm³/mol. The molecule has 0 saturated carbocycles. The highest BCUT2D eigenvalue weighted by atomic mass is 16.5. The van der Waals surface area contributed by atoms with E-state index in [0.717, 1.165) is 19.4 Å². The first-order valence-corrected chi connectivity index (χ1v) is 5.12. The Morgan fingerprint density at radius 3 is 2.62 bits per heavy atom. The largest absolute Gasteiger partial charge is 0.389 e. The zero-order chi connectivity index (χ0) is 9.90. The molecule has 0 radical (unpaired) electrons. The van der Waals surface area contributed by atoms with Gasteiger partial charge in [0.1, 0.15) is 0 Å². The van der Waals surface area contributed by atoms with Crippen molar-refractivity contribution in [3.05, 3.63) is 0 Å². The molecule has 2 atom stereocenters. The Labute approximate surface area is 80.5 Å². The van der Waals surface area contributed by atoms with Gasteiger partial charge in [-0.15, -0.1) is 0 Å². The first-order valence-electron chi connectivity index (χ1n) is 5.12. The molecular weight excluding hydrogens is 166 g/mol. The van der Waals surface area contributed by atoms with Crippen LogP contribution in [0.25, 0.3) is 0 Å². The van der Waals surface area contributed by atoms with Crippen LogP contribution in [0.15, 0.2) is 0 Å². The van der Waals surface area contributed by atoms with E-state index in [2.05, 4.69) is 26.1 Å². The highest BCUT2D eigenvalue weighted by molar-refractivity contribution is 4.84. The van der Waals surface area contributed by atoms with Gasteiger partial charge in [0.05, 0.1) is 17.8 Å². The molecule has 13 heavy (non-hydrogen) atoms. The molecule has 0 aromatic carbocycles. The van der Waals surface area contributed by atoms with E-state index in [1.54, 1.807) is 0 Å². The predicted octanol–water partition coefficient (Wildman–Crippen LogP) is 0.914. The van der Waals surface area contributed by atoms with Crippen molar-refractivity contribution in [1.29, 1.82) is 0 Å². The number of rotatable bonds is 4. The molecule has 78 valence electrons. The molecule has 3 nitrogen and oxygen atoms in total. The van der Waals surface area contributed by atoms with Crippen molar-refractivity contribution in [2.75, 3.05) is 13.1 Å². The maximum Gasteiger partial charge on any atom is 0.0977 e. The third-order valence-corrected chi connectivity index (χ3v) is 2.45. The second-order valence-corrected chi connectivity index (χ2v) is 4.39. The number of ether oxygens (including phenoxy) is 1. The molecule has 1 fully saturated rings. The van der Waals surface area contributed by atoms with Crippen LogP contribution in [0, 0.1) is 0 Å². The van der Waals surface area contributed by atoms with Gasteiger partial charge in [0.2, 0.25) is 0 Å². The van der Waals surface area contributed by atoms with Crippen molar-refractivity contribution < 1.29 is 9.84 Å². The number of hydrogen-bond donors (Lipinski definition) is 2. The Morgan fingerprint density at radius 1 is 1.46 bits per heavy atom. The van der Waals surface area contributed by atoms with Gasteiger partial charge in [-0.1, -0.05) is 13.3 Å². The fourth-order valence-electron chi connectivity index (χ4n) is 1.83. The molecule has 1 heterocycles. The van der Waals surface area contributed by atoms with E-state index >= 15 is 0 Å². The molecule has 0 aliphatic carbocycles. The Bertz CT molecular complexity index is 159. The minimum Gasteiger partial charge on any atom is -0.389 e. The van der Waals surface area contributed by atoms with Crippen molar-refractivity contribution in [3.63, 3.8) is 0 Å².